The van der Waals surface area contributed by atoms with E-state index in [1.54, 1.807) is 0 Å². The third-order valence-electron chi connectivity index (χ3n) is 6.92. The van der Waals surface area contributed by atoms with Crippen LogP contribution in [0.1, 0.15) is 70.6 Å². The van der Waals surface area contributed by atoms with Crippen LogP contribution in [0.5, 0.6) is 0 Å². The van der Waals surface area contributed by atoms with Crippen molar-refractivity contribution in [3.05, 3.63) is 0 Å². The van der Waals surface area contributed by atoms with Gasteiger partial charge in [-0.3, -0.25) is 4.79 Å². The molecule has 132 valence electrons. The first-order valence-electron chi connectivity index (χ1n) is 9.94. The molecule has 2 saturated carbocycles. The fourth-order valence-corrected chi connectivity index (χ4v) is 5.37. The molecule has 0 aromatic carbocycles. The third kappa shape index (κ3) is 3.99. The fourth-order valence-electron chi connectivity index (χ4n) is 5.37. The van der Waals surface area contributed by atoms with Crippen molar-refractivity contribution in [2.24, 2.45) is 10.8 Å². The van der Waals surface area contributed by atoms with Gasteiger partial charge in [0.2, 0.25) is 0 Å². The predicted molar refractivity (Wildman–Crippen MR) is 95.7 cm³/mol. The number of Topliss-reactive ketones (excluding diaryl/α,β-unsaturated/α-hetero) is 1. The van der Waals surface area contributed by atoms with Crippen molar-refractivity contribution in [2.75, 3.05) is 40.3 Å². The van der Waals surface area contributed by atoms with Crippen LogP contribution in [0.15, 0.2) is 0 Å². The molecule has 3 fully saturated rings. The van der Waals surface area contributed by atoms with E-state index in [4.69, 9.17) is 0 Å². The lowest BCUT2D eigenvalue weighted by molar-refractivity contribution is -0.137. The number of nitrogens with zero attached hydrogens (tertiary/aromatic N) is 2. The molecule has 0 N–H and O–H groups in total. The molecule has 0 bridgehead atoms. The zero-order valence-corrected chi connectivity index (χ0v) is 15.4. The molecule has 1 unspecified atom stereocenters. The quantitative estimate of drug-likeness (QED) is 0.788. The molecule has 1 heterocycles. The molecular weight excluding hydrogens is 284 g/mol. The molecule has 3 aliphatic rings. The third-order valence-corrected chi connectivity index (χ3v) is 6.92. The molecule has 1 atom stereocenters. The summed E-state index contributed by atoms with van der Waals surface area (Å²) >= 11 is 0. The van der Waals surface area contributed by atoms with Crippen molar-refractivity contribution in [1.82, 2.24) is 9.80 Å². The molecule has 0 aromatic heterocycles. The zero-order valence-electron chi connectivity index (χ0n) is 15.4. The minimum atomic E-state index is 0.0973. The Balaban J connectivity index is 1.54. The van der Waals surface area contributed by atoms with E-state index in [1.807, 2.05) is 0 Å². The summed E-state index contributed by atoms with van der Waals surface area (Å²) in [6.07, 6.45) is 13.5. The summed E-state index contributed by atoms with van der Waals surface area (Å²) in [7, 11) is 4.30. The minimum Gasteiger partial charge on any atom is -0.309 e. The molecule has 2 aliphatic carbocycles. The second kappa shape index (κ2) is 7.23. The molecule has 2 spiro atoms. The van der Waals surface area contributed by atoms with Gasteiger partial charge in [0.1, 0.15) is 5.78 Å². The normalized spacial score (nSPS) is 32.0. The van der Waals surface area contributed by atoms with Gasteiger partial charge in [-0.2, -0.15) is 0 Å². The summed E-state index contributed by atoms with van der Waals surface area (Å²) in [5.74, 6) is 0.640. The lowest BCUT2D eigenvalue weighted by atomic mass is 9.60. The van der Waals surface area contributed by atoms with Crippen molar-refractivity contribution >= 4 is 5.78 Å². The van der Waals surface area contributed by atoms with Crippen LogP contribution in [0.2, 0.25) is 0 Å². The summed E-state index contributed by atoms with van der Waals surface area (Å²) in [5.41, 5.74) is 0.437. The van der Waals surface area contributed by atoms with E-state index in [9.17, 15) is 4.79 Å². The van der Waals surface area contributed by atoms with Gasteiger partial charge in [0.25, 0.3) is 0 Å². The van der Waals surface area contributed by atoms with E-state index in [0.29, 0.717) is 11.2 Å². The van der Waals surface area contributed by atoms with Crippen molar-refractivity contribution < 1.29 is 4.79 Å². The number of rotatable bonds is 4. The highest BCUT2D eigenvalue weighted by molar-refractivity contribution is 5.86. The Morgan fingerprint density at radius 1 is 1.00 bits per heavy atom. The molecular formula is C20H36N2O. The molecule has 3 heteroatoms. The van der Waals surface area contributed by atoms with Crippen LogP contribution in [0.25, 0.3) is 0 Å². The molecule has 1 saturated heterocycles. The number of hydrogen-bond donors (Lipinski definition) is 0. The molecule has 1 aliphatic heterocycles. The Kier molecular flexibility index (Phi) is 5.47. The highest BCUT2D eigenvalue weighted by Crippen LogP contribution is 2.52. The summed E-state index contributed by atoms with van der Waals surface area (Å²) in [5, 5.41) is 0. The van der Waals surface area contributed by atoms with Crippen molar-refractivity contribution in [1.29, 1.82) is 0 Å². The SMILES string of the molecule is CN(C)CCCN1CCC2(CCC3(CCCCCC3)C(=O)C2)C1. The van der Waals surface area contributed by atoms with Crippen LogP contribution in [-0.2, 0) is 4.79 Å². The number of carbonyl (C=O) groups is 1. The Labute approximate surface area is 142 Å². The lowest BCUT2D eigenvalue weighted by Gasteiger charge is -2.43. The van der Waals surface area contributed by atoms with Gasteiger partial charge in [0.15, 0.2) is 0 Å². The average molecular weight is 321 g/mol. The first-order chi connectivity index (χ1) is 11.0. The number of ketones is 1. The van der Waals surface area contributed by atoms with E-state index in [2.05, 4.69) is 23.9 Å². The maximum atomic E-state index is 13.1. The van der Waals surface area contributed by atoms with Gasteiger partial charge in [0, 0.05) is 18.4 Å². The van der Waals surface area contributed by atoms with Crippen molar-refractivity contribution in [2.45, 2.75) is 70.6 Å². The van der Waals surface area contributed by atoms with Gasteiger partial charge < -0.3 is 9.80 Å². The Hall–Kier alpha value is -0.410. The summed E-state index contributed by atoms with van der Waals surface area (Å²) in [6.45, 7) is 4.78. The molecule has 3 nitrogen and oxygen atoms in total. The molecule has 23 heavy (non-hydrogen) atoms. The standard InChI is InChI=1S/C20H36N2O/c1-21(2)13-7-14-22-15-12-19(17-22)10-11-20(18(23)16-19)8-5-3-4-6-9-20/h3-17H2,1-2H3. The smallest absolute Gasteiger partial charge is 0.139 e. The van der Waals surface area contributed by atoms with Gasteiger partial charge in [-0.25, -0.2) is 0 Å². The van der Waals surface area contributed by atoms with Crippen LogP contribution in [0.3, 0.4) is 0 Å². The molecule has 0 radical (unpaired) electrons. The maximum absolute atomic E-state index is 13.1. The molecule has 3 rings (SSSR count). The van der Waals surface area contributed by atoms with Crippen LogP contribution >= 0.6 is 0 Å². The minimum absolute atomic E-state index is 0.0973. The Morgan fingerprint density at radius 2 is 1.74 bits per heavy atom. The number of hydrogen-bond acceptors (Lipinski definition) is 3. The maximum Gasteiger partial charge on any atom is 0.139 e. The average Bonchev–Trinajstić information content (AvgIpc) is 2.74. The molecule has 0 aromatic rings. The van der Waals surface area contributed by atoms with Gasteiger partial charge in [-0.15, -0.1) is 0 Å². The number of likely N-dealkylation sites (tertiary alicyclic amines) is 1. The monoisotopic (exact) mass is 320 g/mol. The predicted octanol–water partition coefficient (Wildman–Crippen LogP) is 3.72. The van der Waals surface area contributed by atoms with E-state index in [0.717, 1.165) is 6.42 Å². The highest BCUT2D eigenvalue weighted by atomic mass is 16.1. The zero-order chi connectivity index (χ0) is 16.3. The second-order valence-electron chi connectivity index (χ2n) is 8.98. The fraction of sp³-hybridized carbons (Fsp3) is 0.950. The van der Waals surface area contributed by atoms with Crippen LogP contribution in [0, 0.1) is 10.8 Å². The van der Waals surface area contributed by atoms with Crippen molar-refractivity contribution in [3.8, 4) is 0 Å². The summed E-state index contributed by atoms with van der Waals surface area (Å²) in [4.78, 5) is 18.0. The van der Waals surface area contributed by atoms with Gasteiger partial charge in [0.05, 0.1) is 0 Å². The molecule has 0 amide bonds. The van der Waals surface area contributed by atoms with Gasteiger partial charge >= 0.3 is 0 Å². The topological polar surface area (TPSA) is 23.6 Å². The van der Waals surface area contributed by atoms with E-state index >= 15 is 0 Å². The second-order valence-corrected chi connectivity index (χ2v) is 8.98. The van der Waals surface area contributed by atoms with E-state index < -0.39 is 0 Å². The van der Waals surface area contributed by atoms with Crippen molar-refractivity contribution in [3.63, 3.8) is 0 Å². The number of carbonyl (C=O) groups excluding carboxylic acids is 1. The highest BCUT2D eigenvalue weighted by Gasteiger charge is 2.50. The van der Waals surface area contributed by atoms with E-state index in [-0.39, 0.29) is 5.41 Å². The lowest BCUT2D eigenvalue weighted by Crippen LogP contribution is -2.43. The van der Waals surface area contributed by atoms with Crippen LogP contribution in [-0.4, -0.2) is 55.9 Å². The largest absolute Gasteiger partial charge is 0.309 e. The van der Waals surface area contributed by atoms with E-state index in [1.165, 1.54) is 90.4 Å². The summed E-state index contributed by atoms with van der Waals surface area (Å²) < 4.78 is 0. The Bertz CT molecular complexity index is 412. The van der Waals surface area contributed by atoms with Gasteiger partial charge in [-0.1, -0.05) is 25.7 Å². The summed E-state index contributed by atoms with van der Waals surface area (Å²) in [6, 6.07) is 0. The van der Waals surface area contributed by atoms with Gasteiger partial charge in [-0.05, 0) is 77.7 Å². The Morgan fingerprint density at radius 3 is 2.39 bits per heavy atom. The first-order valence-corrected chi connectivity index (χ1v) is 9.94. The first kappa shape index (κ1) is 17.4. The van der Waals surface area contributed by atoms with Crippen LogP contribution in [0.4, 0.5) is 0 Å². The van der Waals surface area contributed by atoms with Crippen LogP contribution < -0.4 is 0 Å².